The predicted octanol–water partition coefficient (Wildman–Crippen LogP) is 1.64. The van der Waals surface area contributed by atoms with Crippen LogP contribution in [0.3, 0.4) is 0 Å². The van der Waals surface area contributed by atoms with Gasteiger partial charge in [-0.25, -0.2) is 4.79 Å². The van der Waals surface area contributed by atoms with Crippen molar-refractivity contribution in [1.82, 2.24) is 5.32 Å². The average Bonchev–Trinajstić information content (AvgIpc) is 2.65. The zero-order valence-corrected chi connectivity index (χ0v) is 13.3. The summed E-state index contributed by atoms with van der Waals surface area (Å²) in [6.45, 7) is -0.492. The molecule has 0 aromatic heterocycles. The lowest BCUT2D eigenvalue weighted by atomic mass is 10.1. The Kier molecular flexibility index (Phi) is 6.33. The van der Waals surface area contributed by atoms with Crippen molar-refractivity contribution in [1.29, 1.82) is 0 Å². The monoisotopic (exact) mass is 329 g/mol. The number of ether oxygens (including phenoxy) is 2. The maximum Gasteiger partial charge on any atom is 0.338 e. The number of hydrogen-bond acceptors (Lipinski definition) is 5. The van der Waals surface area contributed by atoms with Gasteiger partial charge in [-0.2, -0.15) is 0 Å². The molecule has 0 heterocycles. The van der Waals surface area contributed by atoms with Gasteiger partial charge < -0.3 is 19.9 Å². The Morgan fingerprint density at radius 3 is 2.42 bits per heavy atom. The first kappa shape index (κ1) is 17.5. The van der Waals surface area contributed by atoms with Crippen LogP contribution in [0.5, 0.6) is 5.75 Å². The van der Waals surface area contributed by atoms with Crippen LogP contribution in [0, 0.1) is 0 Å². The highest BCUT2D eigenvalue weighted by molar-refractivity contribution is 5.97. The Hall–Kier alpha value is -2.86. The molecule has 2 aromatic rings. The van der Waals surface area contributed by atoms with Gasteiger partial charge in [-0.3, -0.25) is 4.79 Å². The molecule has 1 unspecified atom stereocenters. The van der Waals surface area contributed by atoms with E-state index < -0.39 is 17.9 Å². The first-order valence-electron chi connectivity index (χ1n) is 7.42. The highest BCUT2D eigenvalue weighted by Crippen LogP contribution is 2.17. The minimum Gasteiger partial charge on any atom is -0.496 e. The van der Waals surface area contributed by atoms with Gasteiger partial charge in [0.25, 0.3) is 5.91 Å². The topological polar surface area (TPSA) is 84.9 Å². The van der Waals surface area contributed by atoms with Crippen LogP contribution in [0.25, 0.3) is 0 Å². The van der Waals surface area contributed by atoms with E-state index in [1.807, 2.05) is 0 Å². The minimum absolute atomic E-state index is 0.134. The molecule has 126 valence electrons. The number of nitrogens with one attached hydrogen (secondary N) is 1. The van der Waals surface area contributed by atoms with Crippen molar-refractivity contribution in [3.05, 3.63) is 65.7 Å². The highest BCUT2D eigenvalue weighted by Gasteiger charge is 2.18. The molecule has 0 radical (unpaired) electrons. The molecule has 0 aliphatic carbocycles. The third kappa shape index (κ3) is 4.57. The van der Waals surface area contributed by atoms with Crippen LogP contribution in [0.4, 0.5) is 0 Å². The second-order valence-electron chi connectivity index (χ2n) is 5.02. The van der Waals surface area contributed by atoms with Gasteiger partial charge in [-0.15, -0.1) is 0 Å². The van der Waals surface area contributed by atoms with Crippen LogP contribution in [-0.4, -0.2) is 43.3 Å². The van der Waals surface area contributed by atoms with Crippen LogP contribution < -0.4 is 10.1 Å². The number of carbonyl (C=O) groups is 2. The summed E-state index contributed by atoms with van der Waals surface area (Å²) in [7, 11) is 1.47. The molecule has 1 atom stereocenters. The summed E-state index contributed by atoms with van der Waals surface area (Å²) in [6.07, 6.45) is 0. The van der Waals surface area contributed by atoms with Gasteiger partial charge in [0.2, 0.25) is 0 Å². The van der Waals surface area contributed by atoms with Gasteiger partial charge in [0.15, 0.2) is 0 Å². The maximum atomic E-state index is 12.3. The fraction of sp³-hybridized carbons (Fsp3) is 0.222. The summed E-state index contributed by atoms with van der Waals surface area (Å²) >= 11 is 0. The van der Waals surface area contributed by atoms with Crippen molar-refractivity contribution in [3.63, 3.8) is 0 Å². The normalized spacial score (nSPS) is 11.4. The molecule has 2 rings (SSSR count). The minimum atomic E-state index is -0.713. The molecule has 1 amide bonds. The molecular weight excluding hydrogens is 310 g/mol. The van der Waals surface area contributed by atoms with E-state index in [0.29, 0.717) is 16.9 Å². The summed E-state index contributed by atoms with van der Waals surface area (Å²) in [4.78, 5) is 24.2. The average molecular weight is 329 g/mol. The van der Waals surface area contributed by atoms with Crippen LogP contribution in [0.1, 0.15) is 20.7 Å². The van der Waals surface area contributed by atoms with Crippen molar-refractivity contribution < 1.29 is 24.2 Å². The van der Waals surface area contributed by atoms with Gasteiger partial charge in [0.05, 0.1) is 30.9 Å². The number of hydrogen-bond donors (Lipinski definition) is 2. The van der Waals surface area contributed by atoms with Gasteiger partial charge in [-0.05, 0) is 24.3 Å². The Morgan fingerprint density at radius 1 is 1.08 bits per heavy atom. The Labute approximate surface area is 140 Å². The number of benzene rings is 2. The summed E-state index contributed by atoms with van der Waals surface area (Å²) in [5.74, 6) is -0.504. The van der Waals surface area contributed by atoms with Crippen molar-refractivity contribution in [2.45, 2.75) is 6.04 Å². The first-order valence-corrected chi connectivity index (χ1v) is 7.42. The molecule has 0 aliphatic rings. The molecule has 0 fully saturated rings. The number of aliphatic hydroxyl groups is 1. The van der Waals surface area contributed by atoms with E-state index in [0.717, 1.165) is 0 Å². The number of esters is 1. The molecule has 0 bridgehead atoms. The van der Waals surface area contributed by atoms with E-state index in [9.17, 15) is 14.7 Å². The summed E-state index contributed by atoms with van der Waals surface area (Å²) in [5, 5.41) is 12.0. The number of aliphatic hydroxyl groups excluding tert-OH is 1. The molecule has 2 N–H and O–H groups in total. The van der Waals surface area contributed by atoms with Crippen molar-refractivity contribution in [2.24, 2.45) is 0 Å². The van der Waals surface area contributed by atoms with E-state index in [-0.39, 0.29) is 13.2 Å². The second kappa shape index (κ2) is 8.69. The van der Waals surface area contributed by atoms with Crippen LogP contribution in [0.2, 0.25) is 0 Å². The van der Waals surface area contributed by atoms with Gasteiger partial charge in [-0.1, -0.05) is 30.3 Å². The highest BCUT2D eigenvalue weighted by atomic mass is 16.5. The van der Waals surface area contributed by atoms with Gasteiger partial charge in [0, 0.05) is 0 Å². The summed E-state index contributed by atoms with van der Waals surface area (Å²) in [5.41, 5.74) is 0.748. The van der Waals surface area contributed by atoms with E-state index >= 15 is 0 Å². The quantitative estimate of drug-likeness (QED) is 0.755. The fourth-order valence-corrected chi connectivity index (χ4v) is 2.07. The molecule has 2 aromatic carbocycles. The third-order valence-corrected chi connectivity index (χ3v) is 3.33. The number of rotatable bonds is 7. The fourth-order valence-electron chi connectivity index (χ4n) is 2.07. The van der Waals surface area contributed by atoms with Crippen molar-refractivity contribution >= 4 is 11.9 Å². The first-order chi connectivity index (χ1) is 11.7. The largest absolute Gasteiger partial charge is 0.496 e. The Balaban J connectivity index is 1.94. The van der Waals surface area contributed by atoms with Gasteiger partial charge >= 0.3 is 5.97 Å². The summed E-state index contributed by atoms with van der Waals surface area (Å²) in [6, 6.07) is 14.5. The maximum absolute atomic E-state index is 12.3. The van der Waals surface area contributed by atoms with Crippen LogP contribution in [-0.2, 0) is 4.74 Å². The molecule has 0 saturated heterocycles. The molecule has 0 spiro atoms. The number of amides is 1. The molecule has 0 saturated carbocycles. The predicted molar refractivity (Wildman–Crippen MR) is 88.1 cm³/mol. The van der Waals surface area contributed by atoms with E-state index in [1.54, 1.807) is 54.6 Å². The Bertz CT molecular complexity index is 687. The molecule has 0 aliphatic heterocycles. The van der Waals surface area contributed by atoms with Crippen LogP contribution in [0.15, 0.2) is 54.6 Å². The third-order valence-electron chi connectivity index (χ3n) is 3.33. The molecule has 6 heteroatoms. The van der Waals surface area contributed by atoms with E-state index in [4.69, 9.17) is 9.47 Å². The number of carbonyl (C=O) groups excluding carboxylic acids is 2. The van der Waals surface area contributed by atoms with Gasteiger partial charge in [0.1, 0.15) is 12.4 Å². The standard InChI is InChI=1S/C18H19NO5/c1-23-16-10-6-5-9-15(16)17(21)19-14(11-20)12-24-18(22)13-7-3-2-4-8-13/h2-10,14,20H,11-12H2,1H3,(H,19,21). The van der Waals surface area contributed by atoms with Crippen molar-refractivity contribution in [2.75, 3.05) is 20.3 Å². The zero-order valence-electron chi connectivity index (χ0n) is 13.3. The van der Waals surface area contributed by atoms with Crippen LogP contribution >= 0.6 is 0 Å². The van der Waals surface area contributed by atoms with E-state index in [1.165, 1.54) is 7.11 Å². The lowest BCUT2D eigenvalue weighted by Gasteiger charge is -2.17. The second-order valence-corrected chi connectivity index (χ2v) is 5.02. The zero-order chi connectivity index (χ0) is 17.4. The molecule has 6 nitrogen and oxygen atoms in total. The lowest BCUT2D eigenvalue weighted by Crippen LogP contribution is -2.41. The number of methoxy groups -OCH3 is 1. The molecule has 24 heavy (non-hydrogen) atoms. The lowest BCUT2D eigenvalue weighted by molar-refractivity contribution is 0.0419. The van der Waals surface area contributed by atoms with E-state index in [2.05, 4.69) is 5.32 Å². The number of para-hydroxylation sites is 1. The summed E-state index contributed by atoms with van der Waals surface area (Å²) < 4.78 is 10.3. The Morgan fingerprint density at radius 2 is 1.75 bits per heavy atom. The SMILES string of the molecule is COc1ccccc1C(=O)NC(CO)COC(=O)c1ccccc1. The molecular formula is C18H19NO5. The van der Waals surface area contributed by atoms with Crippen molar-refractivity contribution in [3.8, 4) is 5.75 Å². The smallest absolute Gasteiger partial charge is 0.338 e.